The van der Waals surface area contributed by atoms with Crippen molar-refractivity contribution in [2.75, 3.05) is 40.3 Å². The molecule has 2 saturated heterocycles. The Morgan fingerprint density at radius 1 is 1.38 bits per heavy atom. The van der Waals surface area contributed by atoms with E-state index in [0.717, 1.165) is 50.6 Å². The normalized spacial score (nSPS) is 27.0. The molecule has 0 spiro atoms. The molecule has 6 nitrogen and oxygen atoms in total. The molecule has 0 radical (unpaired) electrons. The van der Waals surface area contributed by atoms with Gasteiger partial charge >= 0.3 is 6.03 Å². The molecule has 3 atom stereocenters. The number of rotatable bonds is 5. The number of likely N-dealkylation sites (tertiary alicyclic amines) is 1. The number of hydrogen-bond donors (Lipinski definition) is 1. The SMILES string of the molecule is CCc1ccc(CN2CC[C@@H]3[C@@H](CO[C@H]3CNC(=O)N(C)C)C2)o1. The molecular weight excluding hydrogens is 306 g/mol. The Balaban J connectivity index is 1.48. The predicted molar refractivity (Wildman–Crippen MR) is 91.8 cm³/mol. The molecule has 3 heterocycles. The van der Waals surface area contributed by atoms with Gasteiger partial charge in [-0.15, -0.1) is 0 Å². The number of fused-ring (bicyclic) bond motifs is 1. The quantitative estimate of drug-likeness (QED) is 0.893. The first-order valence-electron chi connectivity index (χ1n) is 8.93. The first-order valence-corrected chi connectivity index (χ1v) is 8.93. The summed E-state index contributed by atoms with van der Waals surface area (Å²) in [6.45, 7) is 6.50. The van der Waals surface area contributed by atoms with Gasteiger partial charge in [-0.25, -0.2) is 4.79 Å². The molecule has 1 aromatic heterocycles. The van der Waals surface area contributed by atoms with Crippen LogP contribution < -0.4 is 5.32 Å². The Labute approximate surface area is 144 Å². The Morgan fingerprint density at radius 3 is 2.88 bits per heavy atom. The van der Waals surface area contributed by atoms with Crippen LogP contribution in [0, 0.1) is 11.8 Å². The van der Waals surface area contributed by atoms with Gasteiger partial charge in [-0.1, -0.05) is 6.92 Å². The number of piperidine rings is 1. The lowest BCUT2D eigenvalue weighted by Crippen LogP contribution is -2.45. The number of carbonyl (C=O) groups is 1. The summed E-state index contributed by atoms with van der Waals surface area (Å²) in [6.07, 6.45) is 2.21. The van der Waals surface area contributed by atoms with Crippen molar-refractivity contribution in [3.63, 3.8) is 0 Å². The number of amides is 2. The van der Waals surface area contributed by atoms with E-state index in [-0.39, 0.29) is 12.1 Å². The number of nitrogens with one attached hydrogen (secondary N) is 1. The van der Waals surface area contributed by atoms with E-state index in [4.69, 9.17) is 9.15 Å². The van der Waals surface area contributed by atoms with Crippen molar-refractivity contribution in [3.8, 4) is 0 Å². The van der Waals surface area contributed by atoms with Crippen molar-refractivity contribution in [2.45, 2.75) is 32.4 Å². The number of carbonyl (C=O) groups excluding carboxylic acids is 1. The lowest BCUT2D eigenvalue weighted by molar-refractivity contribution is 0.0839. The summed E-state index contributed by atoms with van der Waals surface area (Å²) < 4.78 is 11.8. The average molecular weight is 335 g/mol. The standard InChI is InChI=1S/C18H29N3O3/c1-4-14-5-6-15(24-14)11-21-8-7-16-13(10-21)12-23-17(16)9-19-18(22)20(2)3/h5-6,13,16-17H,4,7-12H2,1-3H3,(H,19,22)/t13-,16-,17+/m1/s1. The third-order valence-electron chi connectivity index (χ3n) is 5.18. The van der Waals surface area contributed by atoms with Crippen molar-refractivity contribution in [3.05, 3.63) is 23.7 Å². The first kappa shape index (κ1) is 17.3. The fraction of sp³-hybridized carbons (Fsp3) is 0.722. The summed E-state index contributed by atoms with van der Waals surface area (Å²) in [5.74, 6) is 3.21. The van der Waals surface area contributed by atoms with Gasteiger partial charge in [-0.05, 0) is 31.0 Å². The van der Waals surface area contributed by atoms with E-state index >= 15 is 0 Å². The van der Waals surface area contributed by atoms with Gasteiger partial charge < -0.3 is 19.4 Å². The molecule has 0 bridgehead atoms. The second-order valence-corrected chi connectivity index (χ2v) is 7.12. The fourth-order valence-corrected chi connectivity index (χ4v) is 3.78. The molecule has 2 aliphatic rings. The number of nitrogens with zero attached hydrogens (tertiary/aromatic N) is 2. The molecule has 0 aromatic carbocycles. The van der Waals surface area contributed by atoms with Gasteiger partial charge in [0.25, 0.3) is 0 Å². The first-order chi connectivity index (χ1) is 11.6. The highest BCUT2D eigenvalue weighted by Crippen LogP contribution is 2.34. The molecule has 0 unspecified atom stereocenters. The summed E-state index contributed by atoms with van der Waals surface area (Å²) in [5.41, 5.74) is 0. The minimum Gasteiger partial charge on any atom is -0.465 e. The summed E-state index contributed by atoms with van der Waals surface area (Å²) in [6, 6.07) is 4.11. The van der Waals surface area contributed by atoms with Crippen LogP contribution in [0.15, 0.2) is 16.5 Å². The van der Waals surface area contributed by atoms with Gasteiger partial charge in [0, 0.05) is 39.5 Å². The lowest BCUT2D eigenvalue weighted by Gasteiger charge is -2.35. The molecule has 2 amide bonds. The van der Waals surface area contributed by atoms with Crippen molar-refractivity contribution < 1.29 is 13.9 Å². The Morgan fingerprint density at radius 2 is 2.17 bits per heavy atom. The summed E-state index contributed by atoms with van der Waals surface area (Å²) in [7, 11) is 3.51. The number of ether oxygens (including phenoxy) is 1. The molecule has 6 heteroatoms. The minimum absolute atomic E-state index is 0.0518. The second kappa shape index (κ2) is 7.57. The predicted octanol–water partition coefficient (Wildman–Crippen LogP) is 1.95. The molecule has 1 N–H and O–H groups in total. The Bertz CT molecular complexity index is 557. The summed E-state index contributed by atoms with van der Waals surface area (Å²) >= 11 is 0. The second-order valence-electron chi connectivity index (χ2n) is 7.12. The van der Waals surface area contributed by atoms with Crippen LogP contribution in [0.4, 0.5) is 4.79 Å². The van der Waals surface area contributed by atoms with Crippen molar-refractivity contribution in [1.82, 2.24) is 15.1 Å². The third-order valence-corrected chi connectivity index (χ3v) is 5.18. The number of urea groups is 1. The van der Waals surface area contributed by atoms with Crippen LogP contribution in [-0.4, -0.2) is 62.3 Å². The van der Waals surface area contributed by atoms with Crippen LogP contribution in [0.2, 0.25) is 0 Å². The third kappa shape index (κ3) is 3.92. The van der Waals surface area contributed by atoms with Gasteiger partial charge in [-0.2, -0.15) is 0 Å². The molecule has 134 valence electrons. The maximum absolute atomic E-state index is 11.7. The maximum Gasteiger partial charge on any atom is 0.316 e. The topological polar surface area (TPSA) is 58.0 Å². The van der Waals surface area contributed by atoms with Crippen LogP contribution in [0.3, 0.4) is 0 Å². The van der Waals surface area contributed by atoms with Crippen LogP contribution in [0.5, 0.6) is 0 Å². The Kier molecular flexibility index (Phi) is 5.46. The van der Waals surface area contributed by atoms with E-state index < -0.39 is 0 Å². The van der Waals surface area contributed by atoms with E-state index in [1.54, 1.807) is 19.0 Å². The highest BCUT2D eigenvalue weighted by molar-refractivity contribution is 5.73. The Hall–Kier alpha value is -1.53. The average Bonchev–Trinajstić information content (AvgIpc) is 3.18. The highest BCUT2D eigenvalue weighted by atomic mass is 16.5. The number of hydrogen-bond acceptors (Lipinski definition) is 4. The van der Waals surface area contributed by atoms with Crippen molar-refractivity contribution in [2.24, 2.45) is 11.8 Å². The fourth-order valence-electron chi connectivity index (χ4n) is 3.78. The van der Waals surface area contributed by atoms with Crippen LogP contribution in [0.25, 0.3) is 0 Å². The van der Waals surface area contributed by atoms with Crippen LogP contribution >= 0.6 is 0 Å². The minimum atomic E-state index is -0.0518. The number of aryl methyl sites for hydroxylation is 1. The molecule has 1 aromatic rings. The van der Waals surface area contributed by atoms with E-state index in [2.05, 4.69) is 29.3 Å². The van der Waals surface area contributed by atoms with Crippen molar-refractivity contribution in [1.29, 1.82) is 0 Å². The smallest absolute Gasteiger partial charge is 0.316 e. The molecule has 3 rings (SSSR count). The molecule has 0 saturated carbocycles. The van der Waals surface area contributed by atoms with Gasteiger partial charge in [-0.3, -0.25) is 4.90 Å². The largest absolute Gasteiger partial charge is 0.465 e. The van der Waals surface area contributed by atoms with Gasteiger partial charge in [0.15, 0.2) is 0 Å². The lowest BCUT2D eigenvalue weighted by atomic mass is 9.84. The number of furan rings is 1. The van der Waals surface area contributed by atoms with Gasteiger partial charge in [0.05, 0.1) is 19.3 Å². The molecule has 24 heavy (non-hydrogen) atoms. The van der Waals surface area contributed by atoms with E-state index in [9.17, 15) is 4.79 Å². The van der Waals surface area contributed by atoms with Crippen LogP contribution in [-0.2, 0) is 17.7 Å². The summed E-state index contributed by atoms with van der Waals surface area (Å²) in [5, 5.41) is 2.95. The highest BCUT2D eigenvalue weighted by Gasteiger charge is 2.40. The van der Waals surface area contributed by atoms with Gasteiger partial charge in [0.2, 0.25) is 0 Å². The van der Waals surface area contributed by atoms with E-state index in [0.29, 0.717) is 18.4 Å². The maximum atomic E-state index is 11.7. The zero-order valence-corrected chi connectivity index (χ0v) is 15.0. The molecular formula is C18H29N3O3. The van der Waals surface area contributed by atoms with Crippen LogP contribution in [0.1, 0.15) is 24.9 Å². The van der Waals surface area contributed by atoms with Crippen molar-refractivity contribution >= 4 is 6.03 Å². The van der Waals surface area contributed by atoms with E-state index in [1.807, 2.05) is 0 Å². The molecule has 2 aliphatic heterocycles. The summed E-state index contributed by atoms with van der Waals surface area (Å²) in [4.78, 5) is 15.7. The molecule has 2 fully saturated rings. The zero-order chi connectivity index (χ0) is 17.1. The zero-order valence-electron chi connectivity index (χ0n) is 15.0. The molecule has 0 aliphatic carbocycles. The van der Waals surface area contributed by atoms with E-state index in [1.165, 1.54) is 0 Å². The monoisotopic (exact) mass is 335 g/mol. The van der Waals surface area contributed by atoms with Gasteiger partial charge in [0.1, 0.15) is 11.5 Å².